The van der Waals surface area contributed by atoms with Crippen LogP contribution in [0.3, 0.4) is 0 Å². The largest absolute Gasteiger partial charge is 0.463 e. The molecule has 6 nitrogen and oxygen atoms in total. The molecule has 19 heavy (non-hydrogen) atoms. The Morgan fingerprint density at radius 3 is 1.74 bits per heavy atom. The van der Waals surface area contributed by atoms with Crippen LogP contribution in [0.4, 0.5) is 22.0 Å². The van der Waals surface area contributed by atoms with Gasteiger partial charge in [-0.05, 0) is 0 Å². The normalized spacial score (nSPS) is 19.6. The highest BCUT2D eigenvalue weighted by atomic mass is 32.2. The molecule has 1 fully saturated rings. The molecule has 0 aliphatic carbocycles. The van der Waals surface area contributed by atoms with Crippen LogP contribution in [0.2, 0.25) is 0 Å². The van der Waals surface area contributed by atoms with Crippen molar-refractivity contribution >= 4 is 16.1 Å². The summed E-state index contributed by atoms with van der Waals surface area (Å²) in [6.45, 7) is -2.03. The van der Waals surface area contributed by atoms with Crippen LogP contribution in [0.1, 0.15) is 0 Å². The number of hydrogen-bond donors (Lipinski definition) is 1. The molecule has 0 spiro atoms. The molecule has 0 bridgehead atoms. The standard InChI is InChI=1S/C7H10F5N3O3S/c8-6(9,7(10,11)12)5(16)14-1-3-15(4-2-14)19(13,17)18/h1-4H2,(H2,13,17,18). The van der Waals surface area contributed by atoms with Crippen molar-refractivity contribution in [2.45, 2.75) is 12.1 Å². The van der Waals surface area contributed by atoms with Gasteiger partial charge >= 0.3 is 18.0 Å². The van der Waals surface area contributed by atoms with Crippen LogP contribution in [0.5, 0.6) is 0 Å². The van der Waals surface area contributed by atoms with Gasteiger partial charge in [0.15, 0.2) is 0 Å². The van der Waals surface area contributed by atoms with Crippen LogP contribution in [-0.2, 0) is 15.0 Å². The topological polar surface area (TPSA) is 83.7 Å². The number of nitrogens with zero attached hydrogens (tertiary/aromatic N) is 2. The van der Waals surface area contributed by atoms with Crippen molar-refractivity contribution in [2.24, 2.45) is 5.14 Å². The maximum atomic E-state index is 12.8. The second-order valence-electron chi connectivity index (χ2n) is 3.81. The van der Waals surface area contributed by atoms with Crippen LogP contribution >= 0.6 is 0 Å². The third kappa shape index (κ3) is 3.30. The van der Waals surface area contributed by atoms with Crippen LogP contribution in [0.25, 0.3) is 0 Å². The molecule has 0 aromatic rings. The van der Waals surface area contributed by atoms with Crippen molar-refractivity contribution in [3.8, 4) is 0 Å². The maximum Gasteiger partial charge on any atom is 0.463 e. The van der Waals surface area contributed by atoms with Crippen molar-refractivity contribution in [2.75, 3.05) is 26.2 Å². The summed E-state index contributed by atoms with van der Waals surface area (Å²) in [7, 11) is -4.05. The Morgan fingerprint density at radius 1 is 1.00 bits per heavy atom. The lowest BCUT2D eigenvalue weighted by Crippen LogP contribution is -2.58. The first kappa shape index (κ1) is 16.0. The number of alkyl halides is 5. The Morgan fingerprint density at radius 2 is 1.42 bits per heavy atom. The number of nitrogens with two attached hydrogens (primary N) is 1. The van der Waals surface area contributed by atoms with E-state index in [1.165, 1.54) is 0 Å². The molecule has 0 unspecified atom stereocenters. The molecule has 1 amide bonds. The fourth-order valence-electron chi connectivity index (χ4n) is 1.47. The number of halogens is 5. The van der Waals surface area contributed by atoms with Gasteiger partial charge in [0.25, 0.3) is 10.2 Å². The van der Waals surface area contributed by atoms with E-state index in [2.05, 4.69) is 0 Å². The molecule has 0 saturated carbocycles. The Kier molecular flexibility index (Phi) is 4.08. The Hall–Kier alpha value is -1.01. The zero-order valence-electron chi connectivity index (χ0n) is 9.32. The quantitative estimate of drug-likeness (QED) is 0.700. The number of carbonyl (C=O) groups is 1. The van der Waals surface area contributed by atoms with Crippen LogP contribution < -0.4 is 5.14 Å². The Labute approximate surface area is 105 Å². The van der Waals surface area contributed by atoms with Gasteiger partial charge in [-0.2, -0.15) is 34.7 Å². The van der Waals surface area contributed by atoms with E-state index in [1.54, 1.807) is 0 Å². The van der Waals surface area contributed by atoms with Gasteiger partial charge in [-0.25, -0.2) is 5.14 Å². The van der Waals surface area contributed by atoms with E-state index < -0.39 is 54.4 Å². The average molecular weight is 311 g/mol. The lowest BCUT2D eigenvalue weighted by molar-refractivity contribution is -0.274. The minimum atomic E-state index is -5.98. The predicted octanol–water partition coefficient (Wildman–Crippen LogP) is -0.468. The van der Waals surface area contributed by atoms with Crippen molar-refractivity contribution in [3.63, 3.8) is 0 Å². The van der Waals surface area contributed by atoms with Gasteiger partial charge in [-0.15, -0.1) is 0 Å². The first-order valence-corrected chi connectivity index (χ1v) is 6.39. The summed E-state index contributed by atoms with van der Waals surface area (Å²) >= 11 is 0. The van der Waals surface area contributed by atoms with E-state index in [-0.39, 0.29) is 4.90 Å². The number of rotatable bonds is 2. The van der Waals surface area contributed by atoms with E-state index in [4.69, 9.17) is 5.14 Å². The van der Waals surface area contributed by atoms with Gasteiger partial charge in [-0.1, -0.05) is 0 Å². The molecule has 0 aromatic heterocycles. The van der Waals surface area contributed by atoms with E-state index in [0.29, 0.717) is 4.31 Å². The van der Waals surface area contributed by atoms with E-state index in [9.17, 15) is 35.2 Å². The summed E-state index contributed by atoms with van der Waals surface area (Å²) in [5.41, 5.74) is 0. The van der Waals surface area contributed by atoms with Crippen molar-refractivity contribution in [1.82, 2.24) is 9.21 Å². The minimum absolute atomic E-state index is 0.259. The van der Waals surface area contributed by atoms with Gasteiger partial charge in [-0.3, -0.25) is 4.79 Å². The first-order valence-electron chi connectivity index (χ1n) is 4.89. The summed E-state index contributed by atoms with van der Waals surface area (Å²) in [4.78, 5) is 11.3. The second-order valence-corrected chi connectivity index (χ2v) is 5.35. The van der Waals surface area contributed by atoms with Crippen LogP contribution in [-0.4, -0.2) is 61.8 Å². The van der Waals surface area contributed by atoms with E-state index in [1.807, 2.05) is 0 Å². The van der Waals surface area contributed by atoms with Gasteiger partial charge in [0.2, 0.25) is 0 Å². The summed E-state index contributed by atoms with van der Waals surface area (Å²) in [5.74, 6) is -7.88. The molecule has 0 atom stereocenters. The highest BCUT2D eigenvalue weighted by Gasteiger charge is 2.64. The van der Waals surface area contributed by atoms with Gasteiger partial charge in [0, 0.05) is 26.2 Å². The SMILES string of the molecule is NS(=O)(=O)N1CCN(C(=O)C(F)(F)C(F)(F)F)CC1. The molecular weight excluding hydrogens is 301 g/mol. The lowest BCUT2D eigenvalue weighted by atomic mass is 10.2. The van der Waals surface area contributed by atoms with E-state index in [0.717, 1.165) is 0 Å². The molecule has 0 radical (unpaired) electrons. The second kappa shape index (κ2) is 4.83. The monoisotopic (exact) mass is 311 g/mol. The molecule has 1 aliphatic rings. The zero-order chi connectivity index (χ0) is 15.1. The van der Waals surface area contributed by atoms with Gasteiger partial charge < -0.3 is 4.90 Å². The third-order valence-corrected chi connectivity index (χ3v) is 3.60. The molecule has 1 saturated heterocycles. The summed E-state index contributed by atoms with van der Waals surface area (Å²) < 4.78 is 83.9. The number of hydrogen-bond acceptors (Lipinski definition) is 3. The fourth-order valence-corrected chi connectivity index (χ4v) is 2.14. The number of piperazine rings is 1. The fraction of sp³-hybridized carbons (Fsp3) is 0.857. The van der Waals surface area contributed by atoms with Gasteiger partial charge in [0.1, 0.15) is 0 Å². The number of amides is 1. The molecule has 2 N–H and O–H groups in total. The molecule has 1 rings (SSSR count). The molecular formula is C7H10F5N3O3S. The molecule has 112 valence electrons. The average Bonchev–Trinajstić information content (AvgIpc) is 2.25. The summed E-state index contributed by atoms with van der Waals surface area (Å²) in [5, 5.41) is 4.75. The highest BCUT2D eigenvalue weighted by Crippen LogP contribution is 2.37. The predicted molar refractivity (Wildman–Crippen MR) is 52.3 cm³/mol. The first-order chi connectivity index (χ1) is 8.37. The van der Waals surface area contributed by atoms with Gasteiger partial charge in [0.05, 0.1) is 0 Å². The molecule has 12 heteroatoms. The summed E-state index contributed by atoms with van der Waals surface area (Å²) in [6.07, 6.45) is -5.98. The third-order valence-electron chi connectivity index (χ3n) is 2.51. The smallest absolute Gasteiger partial charge is 0.335 e. The van der Waals surface area contributed by atoms with Crippen LogP contribution in [0, 0.1) is 0 Å². The minimum Gasteiger partial charge on any atom is -0.335 e. The van der Waals surface area contributed by atoms with Crippen molar-refractivity contribution < 1.29 is 35.2 Å². The Balaban J connectivity index is 2.74. The number of carbonyl (C=O) groups excluding carboxylic acids is 1. The Bertz CT molecular complexity index is 455. The zero-order valence-corrected chi connectivity index (χ0v) is 10.1. The summed E-state index contributed by atoms with van der Waals surface area (Å²) in [6, 6.07) is 0. The van der Waals surface area contributed by atoms with Crippen molar-refractivity contribution in [1.29, 1.82) is 0 Å². The molecule has 0 aromatic carbocycles. The van der Waals surface area contributed by atoms with Crippen LogP contribution in [0.15, 0.2) is 0 Å². The molecule has 1 aliphatic heterocycles. The highest BCUT2D eigenvalue weighted by molar-refractivity contribution is 7.86. The molecule has 1 heterocycles. The van der Waals surface area contributed by atoms with E-state index >= 15 is 0 Å². The maximum absolute atomic E-state index is 12.8. The lowest BCUT2D eigenvalue weighted by Gasteiger charge is -2.34. The van der Waals surface area contributed by atoms with Crippen molar-refractivity contribution in [3.05, 3.63) is 0 Å².